The van der Waals surface area contributed by atoms with Crippen molar-refractivity contribution < 1.29 is 0 Å². The van der Waals surface area contributed by atoms with Gasteiger partial charge in [0.2, 0.25) is 0 Å². The van der Waals surface area contributed by atoms with Crippen molar-refractivity contribution in [1.29, 1.82) is 0 Å². The molecule has 1 aliphatic heterocycles. The molecule has 1 aliphatic rings. The third-order valence-electron chi connectivity index (χ3n) is 3.21. The van der Waals surface area contributed by atoms with Gasteiger partial charge in [0.15, 0.2) is 5.65 Å². The first-order chi connectivity index (χ1) is 8.33. The van der Waals surface area contributed by atoms with Crippen LogP contribution in [0.2, 0.25) is 0 Å². The highest BCUT2D eigenvalue weighted by Gasteiger charge is 2.17. The summed E-state index contributed by atoms with van der Waals surface area (Å²) in [5.74, 6) is 1.02. The maximum absolute atomic E-state index is 4.57. The van der Waals surface area contributed by atoms with E-state index in [0.29, 0.717) is 6.04 Å². The Kier molecular flexibility index (Phi) is 3.11. The van der Waals surface area contributed by atoms with Crippen LogP contribution in [0.3, 0.4) is 0 Å². The molecule has 2 aromatic rings. The number of nitrogens with zero attached hydrogens (tertiary/aromatic N) is 2. The van der Waals surface area contributed by atoms with Crippen LogP contribution in [-0.2, 0) is 0 Å². The predicted octanol–water partition coefficient (Wildman–Crippen LogP) is 2.93. The van der Waals surface area contributed by atoms with Gasteiger partial charge in [-0.15, -0.1) is 0 Å². The summed E-state index contributed by atoms with van der Waals surface area (Å²) in [7, 11) is 0. The van der Waals surface area contributed by atoms with Gasteiger partial charge in [0, 0.05) is 10.7 Å². The van der Waals surface area contributed by atoms with Crippen molar-refractivity contribution in [3.63, 3.8) is 0 Å². The highest BCUT2D eigenvalue weighted by Crippen LogP contribution is 2.23. The van der Waals surface area contributed by atoms with E-state index in [9.17, 15) is 0 Å². The van der Waals surface area contributed by atoms with Gasteiger partial charge in [-0.1, -0.05) is 12.8 Å². The lowest BCUT2D eigenvalue weighted by Crippen LogP contribution is -2.21. The highest BCUT2D eigenvalue weighted by molar-refractivity contribution is 9.10. The van der Waals surface area contributed by atoms with Crippen molar-refractivity contribution in [1.82, 2.24) is 20.3 Å². The van der Waals surface area contributed by atoms with Crippen LogP contribution in [-0.4, -0.2) is 21.5 Å². The number of H-pyrrole nitrogens is 1. The van der Waals surface area contributed by atoms with E-state index < -0.39 is 0 Å². The molecule has 1 atom stereocenters. The second-order valence-corrected chi connectivity index (χ2v) is 5.42. The van der Waals surface area contributed by atoms with Gasteiger partial charge in [0.25, 0.3) is 0 Å². The summed E-state index contributed by atoms with van der Waals surface area (Å²) in [6.07, 6.45) is 6.79. The van der Waals surface area contributed by atoms with Crippen LogP contribution in [0.25, 0.3) is 11.2 Å². The molecule has 2 N–H and O–H groups in total. The number of fused-ring (bicyclic) bond motifs is 1. The average molecular weight is 295 g/mol. The van der Waals surface area contributed by atoms with Crippen LogP contribution in [0.5, 0.6) is 0 Å². The molecule has 0 aromatic carbocycles. The number of halogens is 1. The van der Waals surface area contributed by atoms with Crippen molar-refractivity contribution in [2.24, 2.45) is 0 Å². The van der Waals surface area contributed by atoms with Gasteiger partial charge in [-0.25, -0.2) is 9.97 Å². The molecule has 3 heterocycles. The van der Waals surface area contributed by atoms with E-state index in [-0.39, 0.29) is 0 Å². The Hall–Kier alpha value is -0.940. The Morgan fingerprint density at radius 1 is 1.29 bits per heavy atom. The summed E-state index contributed by atoms with van der Waals surface area (Å²) in [4.78, 5) is 12.2. The third-order valence-corrected chi connectivity index (χ3v) is 3.65. The van der Waals surface area contributed by atoms with E-state index in [2.05, 4.69) is 36.2 Å². The molecular formula is C12H15BrN4. The maximum Gasteiger partial charge on any atom is 0.177 e. The lowest BCUT2D eigenvalue weighted by molar-refractivity contribution is 0.513. The van der Waals surface area contributed by atoms with Gasteiger partial charge in [-0.05, 0) is 41.4 Å². The molecule has 5 heteroatoms. The van der Waals surface area contributed by atoms with Gasteiger partial charge < -0.3 is 10.3 Å². The number of nitrogens with one attached hydrogen (secondary N) is 2. The minimum absolute atomic E-state index is 0.352. The fourth-order valence-corrected chi connectivity index (χ4v) is 2.65. The van der Waals surface area contributed by atoms with Gasteiger partial charge in [-0.2, -0.15) is 0 Å². The molecular weight excluding hydrogens is 280 g/mol. The summed E-state index contributed by atoms with van der Waals surface area (Å²) in [6.45, 7) is 1.08. The van der Waals surface area contributed by atoms with E-state index in [1.165, 1.54) is 19.3 Å². The number of aromatic amines is 1. The number of hydrogen-bond acceptors (Lipinski definition) is 3. The summed E-state index contributed by atoms with van der Waals surface area (Å²) >= 11 is 3.42. The van der Waals surface area contributed by atoms with Crippen molar-refractivity contribution >= 4 is 27.1 Å². The van der Waals surface area contributed by atoms with Gasteiger partial charge in [0.05, 0.1) is 11.6 Å². The molecule has 17 heavy (non-hydrogen) atoms. The standard InChI is InChI=1S/C12H15BrN4/c13-8-6-10-11(15-7-8)17-12(16-10)9-4-2-1-3-5-14-9/h6-7,9,14H,1-5H2,(H,15,16,17). The molecule has 0 saturated carbocycles. The Morgan fingerprint density at radius 2 is 2.24 bits per heavy atom. The predicted molar refractivity (Wildman–Crippen MR) is 70.8 cm³/mol. The average Bonchev–Trinajstić information content (AvgIpc) is 2.57. The smallest absolute Gasteiger partial charge is 0.177 e. The quantitative estimate of drug-likeness (QED) is 0.850. The Labute approximate surface area is 108 Å². The highest BCUT2D eigenvalue weighted by atomic mass is 79.9. The van der Waals surface area contributed by atoms with Crippen LogP contribution < -0.4 is 5.32 Å². The molecule has 2 aromatic heterocycles. The van der Waals surface area contributed by atoms with Crippen LogP contribution in [0, 0.1) is 0 Å². The summed E-state index contributed by atoms with van der Waals surface area (Å²) in [5.41, 5.74) is 1.80. The zero-order valence-corrected chi connectivity index (χ0v) is 11.1. The minimum atomic E-state index is 0.352. The van der Waals surface area contributed by atoms with Crippen LogP contribution in [0.15, 0.2) is 16.7 Å². The van der Waals surface area contributed by atoms with Gasteiger partial charge >= 0.3 is 0 Å². The zero-order chi connectivity index (χ0) is 11.7. The molecule has 0 spiro atoms. The molecule has 0 amide bonds. The monoisotopic (exact) mass is 294 g/mol. The van der Waals surface area contributed by atoms with E-state index in [1.807, 2.05) is 6.07 Å². The van der Waals surface area contributed by atoms with E-state index in [4.69, 9.17) is 0 Å². The fraction of sp³-hybridized carbons (Fsp3) is 0.500. The van der Waals surface area contributed by atoms with Crippen molar-refractivity contribution in [2.45, 2.75) is 31.7 Å². The minimum Gasteiger partial charge on any atom is -0.339 e. The zero-order valence-electron chi connectivity index (χ0n) is 9.54. The number of hydrogen-bond donors (Lipinski definition) is 2. The molecule has 0 radical (unpaired) electrons. The SMILES string of the molecule is Brc1cnc2nc(C3CCCCCN3)[nH]c2c1. The number of aromatic nitrogens is 3. The summed E-state index contributed by atoms with van der Waals surface area (Å²) in [6, 6.07) is 2.38. The number of pyridine rings is 1. The first-order valence-electron chi connectivity index (χ1n) is 6.07. The van der Waals surface area contributed by atoms with Gasteiger partial charge in [-0.3, -0.25) is 0 Å². The molecule has 90 valence electrons. The molecule has 1 saturated heterocycles. The molecule has 1 fully saturated rings. The van der Waals surface area contributed by atoms with Crippen LogP contribution >= 0.6 is 15.9 Å². The lowest BCUT2D eigenvalue weighted by Gasteiger charge is -2.11. The molecule has 0 bridgehead atoms. The van der Waals surface area contributed by atoms with Crippen molar-refractivity contribution in [3.05, 3.63) is 22.6 Å². The van der Waals surface area contributed by atoms with Crippen molar-refractivity contribution in [2.75, 3.05) is 6.54 Å². The molecule has 1 unspecified atom stereocenters. The van der Waals surface area contributed by atoms with Crippen LogP contribution in [0.1, 0.15) is 37.5 Å². The Morgan fingerprint density at radius 3 is 3.18 bits per heavy atom. The number of imidazole rings is 1. The fourth-order valence-electron chi connectivity index (χ4n) is 2.32. The second kappa shape index (κ2) is 4.74. The first kappa shape index (κ1) is 11.2. The molecule has 4 nitrogen and oxygen atoms in total. The Balaban J connectivity index is 1.93. The van der Waals surface area contributed by atoms with Crippen molar-refractivity contribution in [3.8, 4) is 0 Å². The lowest BCUT2D eigenvalue weighted by atomic mass is 10.1. The van der Waals surface area contributed by atoms with E-state index >= 15 is 0 Å². The second-order valence-electron chi connectivity index (χ2n) is 4.50. The molecule has 0 aliphatic carbocycles. The molecule has 3 rings (SSSR count). The van der Waals surface area contributed by atoms with E-state index in [0.717, 1.165) is 34.4 Å². The Bertz CT molecular complexity index is 514. The summed E-state index contributed by atoms with van der Waals surface area (Å²) < 4.78 is 0.981. The normalized spacial score (nSPS) is 21.6. The van der Waals surface area contributed by atoms with E-state index in [1.54, 1.807) is 6.20 Å². The number of rotatable bonds is 1. The maximum atomic E-state index is 4.57. The third kappa shape index (κ3) is 2.35. The van der Waals surface area contributed by atoms with Crippen LogP contribution in [0.4, 0.5) is 0 Å². The topological polar surface area (TPSA) is 53.6 Å². The first-order valence-corrected chi connectivity index (χ1v) is 6.87. The summed E-state index contributed by atoms with van der Waals surface area (Å²) in [5, 5.41) is 3.54. The largest absolute Gasteiger partial charge is 0.339 e. The van der Waals surface area contributed by atoms with Gasteiger partial charge in [0.1, 0.15) is 5.82 Å².